The van der Waals surface area contributed by atoms with Crippen molar-refractivity contribution < 1.29 is 17.9 Å². The first kappa shape index (κ1) is 17.0. The Balaban J connectivity index is 1.63. The molecule has 0 aromatic heterocycles. The van der Waals surface area contributed by atoms with E-state index in [1.165, 1.54) is 4.31 Å². The van der Waals surface area contributed by atoms with Crippen LogP contribution in [0.3, 0.4) is 0 Å². The molecule has 6 nitrogen and oxygen atoms in total. The zero-order chi connectivity index (χ0) is 17.9. The molecule has 128 valence electrons. The van der Waals surface area contributed by atoms with Crippen LogP contribution in [-0.4, -0.2) is 26.7 Å². The Hall–Kier alpha value is -2.85. The van der Waals surface area contributed by atoms with Crippen LogP contribution < -0.4 is 4.31 Å². The SMILES string of the molecule is N#Cc1ccc(COC(=O)c2ccc(N3CCCS3(=O)=O)cc2)cc1. The molecule has 0 atom stereocenters. The normalized spacial score (nSPS) is 15.6. The minimum Gasteiger partial charge on any atom is -0.457 e. The van der Waals surface area contributed by atoms with Crippen molar-refractivity contribution in [3.05, 3.63) is 65.2 Å². The number of hydrogen-bond acceptors (Lipinski definition) is 5. The standard InChI is InChI=1S/C18H16N2O4S/c19-12-14-2-4-15(5-3-14)13-24-18(21)16-6-8-17(9-7-16)20-10-1-11-25(20,22)23/h2-9H,1,10-11,13H2. The lowest BCUT2D eigenvalue weighted by Gasteiger charge is -2.16. The summed E-state index contributed by atoms with van der Waals surface area (Å²) >= 11 is 0. The predicted molar refractivity (Wildman–Crippen MR) is 92.5 cm³/mol. The van der Waals surface area contributed by atoms with Crippen LogP contribution in [0, 0.1) is 11.3 Å². The zero-order valence-electron chi connectivity index (χ0n) is 13.4. The van der Waals surface area contributed by atoms with E-state index in [4.69, 9.17) is 10.00 Å². The summed E-state index contributed by atoms with van der Waals surface area (Å²) in [6, 6.07) is 15.1. The van der Waals surface area contributed by atoms with Crippen LogP contribution >= 0.6 is 0 Å². The van der Waals surface area contributed by atoms with E-state index in [0.29, 0.717) is 29.8 Å². The van der Waals surface area contributed by atoms with E-state index in [-0.39, 0.29) is 12.4 Å². The number of sulfonamides is 1. The molecular weight excluding hydrogens is 340 g/mol. The van der Waals surface area contributed by atoms with Crippen molar-refractivity contribution in [1.29, 1.82) is 5.26 Å². The van der Waals surface area contributed by atoms with E-state index in [1.807, 2.05) is 6.07 Å². The van der Waals surface area contributed by atoms with E-state index < -0.39 is 16.0 Å². The second-order valence-corrected chi connectivity index (χ2v) is 7.69. The molecule has 3 rings (SSSR count). The summed E-state index contributed by atoms with van der Waals surface area (Å²) in [5, 5.41) is 8.75. The molecule has 0 spiro atoms. The molecule has 1 heterocycles. The summed E-state index contributed by atoms with van der Waals surface area (Å²) in [7, 11) is -3.23. The van der Waals surface area contributed by atoms with Gasteiger partial charge in [-0.1, -0.05) is 12.1 Å². The molecule has 25 heavy (non-hydrogen) atoms. The molecule has 1 aliphatic heterocycles. The first-order chi connectivity index (χ1) is 12.0. The number of carbonyl (C=O) groups excluding carboxylic acids is 1. The van der Waals surface area contributed by atoms with Gasteiger partial charge in [0.15, 0.2) is 0 Å². The number of rotatable bonds is 4. The van der Waals surface area contributed by atoms with Crippen molar-refractivity contribution in [2.24, 2.45) is 0 Å². The topological polar surface area (TPSA) is 87.5 Å². The number of carbonyl (C=O) groups is 1. The Bertz CT molecular complexity index is 913. The molecule has 0 N–H and O–H groups in total. The van der Waals surface area contributed by atoms with Gasteiger partial charge in [-0.2, -0.15) is 5.26 Å². The Morgan fingerprint density at radius 3 is 2.36 bits per heavy atom. The fourth-order valence-corrected chi connectivity index (χ4v) is 4.17. The van der Waals surface area contributed by atoms with Crippen molar-refractivity contribution >= 4 is 21.7 Å². The number of nitriles is 1. The van der Waals surface area contributed by atoms with Gasteiger partial charge in [0.2, 0.25) is 10.0 Å². The van der Waals surface area contributed by atoms with Gasteiger partial charge in [0.25, 0.3) is 0 Å². The average Bonchev–Trinajstić information content (AvgIpc) is 2.99. The lowest BCUT2D eigenvalue weighted by atomic mass is 10.1. The van der Waals surface area contributed by atoms with Gasteiger partial charge < -0.3 is 4.74 Å². The summed E-state index contributed by atoms with van der Waals surface area (Å²) in [6.45, 7) is 0.567. The molecule has 1 saturated heterocycles. The average molecular weight is 356 g/mol. The third-order valence-corrected chi connectivity index (χ3v) is 5.81. The van der Waals surface area contributed by atoms with Gasteiger partial charge >= 0.3 is 5.97 Å². The number of esters is 1. The van der Waals surface area contributed by atoms with Crippen LogP contribution in [-0.2, 0) is 21.4 Å². The van der Waals surface area contributed by atoms with E-state index in [0.717, 1.165) is 5.56 Å². The highest BCUT2D eigenvalue weighted by Crippen LogP contribution is 2.24. The molecule has 2 aromatic rings. The van der Waals surface area contributed by atoms with Gasteiger partial charge in [-0.15, -0.1) is 0 Å². The highest BCUT2D eigenvalue weighted by atomic mass is 32.2. The molecule has 7 heteroatoms. The minimum absolute atomic E-state index is 0.104. The number of hydrogen-bond donors (Lipinski definition) is 0. The maximum Gasteiger partial charge on any atom is 0.338 e. The van der Waals surface area contributed by atoms with Crippen LogP contribution in [0.25, 0.3) is 0 Å². The molecule has 0 unspecified atom stereocenters. The quantitative estimate of drug-likeness (QED) is 0.785. The Morgan fingerprint density at radius 1 is 1.12 bits per heavy atom. The Morgan fingerprint density at radius 2 is 1.80 bits per heavy atom. The van der Waals surface area contributed by atoms with Gasteiger partial charge in [-0.3, -0.25) is 4.31 Å². The zero-order valence-corrected chi connectivity index (χ0v) is 14.2. The van der Waals surface area contributed by atoms with Crippen LogP contribution in [0.15, 0.2) is 48.5 Å². The van der Waals surface area contributed by atoms with Gasteiger partial charge in [-0.05, 0) is 48.4 Å². The second-order valence-electron chi connectivity index (χ2n) is 5.67. The third-order valence-electron chi connectivity index (χ3n) is 3.94. The molecule has 0 bridgehead atoms. The second kappa shape index (κ2) is 6.95. The largest absolute Gasteiger partial charge is 0.457 e. The molecule has 0 aliphatic carbocycles. The number of benzene rings is 2. The van der Waals surface area contributed by atoms with Gasteiger partial charge in [0.05, 0.1) is 28.6 Å². The van der Waals surface area contributed by atoms with Crippen molar-refractivity contribution in [3.63, 3.8) is 0 Å². The Kier molecular flexibility index (Phi) is 4.72. The van der Waals surface area contributed by atoms with Crippen LogP contribution in [0.4, 0.5) is 5.69 Å². The maximum absolute atomic E-state index is 12.1. The monoisotopic (exact) mass is 356 g/mol. The van der Waals surface area contributed by atoms with Crippen LogP contribution in [0.5, 0.6) is 0 Å². The molecule has 1 aliphatic rings. The first-order valence-electron chi connectivity index (χ1n) is 7.76. The maximum atomic E-state index is 12.1. The van der Waals surface area contributed by atoms with Crippen molar-refractivity contribution in [2.75, 3.05) is 16.6 Å². The van der Waals surface area contributed by atoms with Crippen molar-refractivity contribution in [1.82, 2.24) is 0 Å². The molecule has 0 amide bonds. The molecule has 2 aromatic carbocycles. The first-order valence-corrected chi connectivity index (χ1v) is 9.37. The highest BCUT2D eigenvalue weighted by Gasteiger charge is 2.28. The molecule has 0 saturated carbocycles. The van der Waals surface area contributed by atoms with Gasteiger partial charge in [0, 0.05) is 6.54 Å². The lowest BCUT2D eigenvalue weighted by molar-refractivity contribution is 0.0472. The summed E-state index contributed by atoms with van der Waals surface area (Å²) in [5.41, 5.74) is 2.24. The van der Waals surface area contributed by atoms with E-state index >= 15 is 0 Å². The van der Waals surface area contributed by atoms with E-state index in [1.54, 1.807) is 48.5 Å². The smallest absolute Gasteiger partial charge is 0.338 e. The van der Waals surface area contributed by atoms with Crippen LogP contribution in [0.2, 0.25) is 0 Å². The predicted octanol–water partition coefficient (Wildman–Crippen LogP) is 2.46. The summed E-state index contributed by atoms with van der Waals surface area (Å²) in [6.07, 6.45) is 0.608. The summed E-state index contributed by atoms with van der Waals surface area (Å²) in [5.74, 6) is -0.332. The highest BCUT2D eigenvalue weighted by molar-refractivity contribution is 7.93. The fraction of sp³-hybridized carbons (Fsp3) is 0.222. The van der Waals surface area contributed by atoms with Gasteiger partial charge in [-0.25, -0.2) is 13.2 Å². The minimum atomic E-state index is -3.23. The third kappa shape index (κ3) is 3.80. The van der Waals surface area contributed by atoms with E-state index in [2.05, 4.69) is 0 Å². The number of anilines is 1. The lowest BCUT2D eigenvalue weighted by Crippen LogP contribution is -2.25. The van der Waals surface area contributed by atoms with Crippen molar-refractivity contribution in [2.45, 2.75) is 13.0 Å². The summed E-state index contributed by atoms with van der Waals surface area (Å²) < 4.78 is 30.4. The number of ether oxygens (including phenoxy) is 1. The molecule has 0 radical (unpaired) electrons. The molecular formula is C18H16N2O4S. The van der Waals surface area contributed by atoms with Crippen molar-refractivity contribution in [3.8, 4) is 6.07 Å². The number of nitrogens with zero attached hydrogens (tertiary/aromatic N) is 2. The van der Waals surface area contributed by atoms with E-state index in [9.17, 15) is 13.2 Å². The van der Waals surface area contributed by atoms with Crippen LogP contribution in [0.1, 0.15) is 27.9 Å². The van der Waals surface area contributed by atoms with Gasteiger partial charge in [0.1, 0.15) is 6.61 Å². The molecule has 1 fully saturated rings. The fourth-order valence-electron chi connectivity index (χ4n) is 2.60. The summed E-state index contributed by atoms with van der Waals surface area (Å²) in [4.78, 5) is 12.1. The Labute approximate surface area is 146 Å².